The second-order valence-corrected chi connectivity index (χ2v) is 11.6. The zero-order valence-electron chi connectivity index (χ0n) is 22.8. The number of allylic oxidation sites excluding steroid dienone is 4. The Morgan fingerprint density at radius 1 is 1.05 bits per heavy atom. The SMILES string of the molecule is C/C1=C\[C@@H](C)C/C=C/[C@H]2C(=O)[C@@H](C)[C@@H](C)[C@H]3[C@H](Cc4c[nH]c5ccccc45)NC(=O)[C@]32C(=O)/C=C/C(=O)[C@@H]1O. The van der Waals surface area contributed by atoms with Crippen molar-refractivity contribution < 1.29 is 24.3 Å². The summed E-state index contributed by atoms with van der Waals surface area (Å²) in [6.45, 7) is 7.46. The maximum absolute atomic E-state index is 14.1. The zero-order chi connectivity index (χ0) is 28.1. The van der Waals surface area contributed by atoms with E-state index >= 15 is 0 Å². The Balaban J connectivity index is 1.63. The molecule has 1 amide bonds. The summed E-state index contributed by atoms with van der Waals surface area (Å²) in [5, 5.41) is 14.7. The normalized spacial score (nSPS) is 38.5. The van der Waals surface area contributed by atoms with Crippen molar-refractivity contribution in [1.82, 2.24) is 10.3 Å². The first kappa shape index (κ1) is 27.0. The van der Waals surface area contributed by atoms with Gasteiger partial charge in [-0.2, -0.15) is 0 Å². The number of aliphatic hydroxyl groups is 1. The van der Waals surface area contributed by atoms with E-state index in [2.05, 4.69) is 10.3 Å². The molecule has 204 valence electrons. The van der Waals surface area contributed by atoms with Gasteiger partial charge in [-0.3, -0.25) is 19.2 Å². The van der Waals surface area contributed by atoms with E-state index < -0.39 is 40.8 Å². The van der Waals surface area contributed by atoms with E-state index in [1.54, 1.807) is 13.0 Å². The first-order valence-corrected chi connectivity index (χ1v) is 13.8. The van der Waals surface area contributed by atoms with Gasteiger partial charge in [0.05, 0.1) is 5.92 Å². The van der Waals surface area contributed by atoms with E-state index in [-0.39, 0.29) is 29.6 Å². The summed E-state index contributed by atoms with van der Waals surface area (Å²) in [5.74, 6) is -3.85. The number of rotatable bonds is 2. The molecule has 3 N–H and O–H groups in total. The molecule has 0 bridgehead atoms. The van der Waals surface area contributed by atoms with Crippen molar-refractivity contribution in [2.24, 2.45) is 35.0 Å². The fourth-order valence-electron chi connectivity index (χ4n) is 7.09. The van der Waals surface area contributed by atoms with Gasteiger partial charge in [0.25, 0.3) is 0 Å². The lowest BCUT2D eigenvalue weighted by atomic mass is 9.51. The van der Waals surface area contributed by atoms with Crippen LogP contribution in [0.25, 0.3) is 10.9 Å². The Hall–Kier alpha value is -3.58. The number of nitrogens with one attached hydrogen (secondary N) is 2. The van der Waals surface area contributed by atoms with E-state index in [9.17, 15) is 24.3 Å². The highest BCUT2D eigenvalue weighted by Crippen LogP contribution is 2.55. The van der Waals surface area contributed by atoms with Crippen LogP contribution in [-0.4, -0.2) is 45.5 Å². The summed E-state index contributed by atoms with van der Waals surface area (Å²) in [7, 11) is 0. The number of carbonyl (C=O) groups is 4. The molecule has 2 fully saturated rings. The Morgan fingerprint density at radius 2 is 1.79 bits per heavy atom. The average molecular weight is 529 g/mol. The van der Waals surface area contributed by atoms with Gasteiger partial charge in [0.15, 0.2) is 11.6 Å². The summed E-state index contributed by atoms with van der Waals surface area (Å²) < 4.78 is 0. The van der Waals surface area contributed by atoms with E-state index in [1.807, 2.05) is 63.4 Å². The summed E-state index contributed by atoms with van der Waals surface area (Å²) in [6, 6.07) is 7.56. The van der Waals surface area contributed by atoms with E-state index in [0.717, 1.165) is 28.6 Å². The summed E-state index contributed by atoms with van der Waals surface area (Å²) in [5.41, 5.74) is 0.848. The number of aliphatic hydroxyl groups excluding tert-OH is 1. The van der Waals surface area contributed by atoms with Crippen molar-refractivity contribution in [1.29, 1.82) is 0 Å². The van der Waals surface area contributed by atoms with Crippen molar-refractivity contribution in [3.8, 4) is 0 Å². The van der Waals surface area contributed by atoms with Gasteiger partial charge >= 0.3 is 0 Å². The molecule has 1 aromatic heterocycles. The number of Topliss-reactive ketones (excluding diaryl/α,β-unsaturated/α-hetero) is 1. The van der Waals surface area contributed by atoms with Crippen LogP contribution in [0.2, 0.25) is 0 Å². The average Bonchev–Trinajstić information content (AvgIpc) is 3.45. The molecule has 2 aliphatic carbocycles. The molecule has 1 aliphatic heterocycles. The number of ketones is 3. The fourth-order valence-corrected chi connectivity index (χ4v) is 7.09. The standard InChI is InChI=1S/C32H36N2O5/c1-17-8-7-10-23-30(38)20(4)19(3)28-25(15-21-16-33-24-11-6-5-9-22(21)24)34-31(39)32(23,28)27(36)13-12-26(35)29(37)18(2)14-17/h5-7,9-14,16-17,19-20,23,25,28-29,33,37H,8,15H2,1-4H3,(H,34,39)/b10-7+,13-12+,18-14+/t17-,19+,20-,23-,25-,28-,29+,32+/m0/s1. The third-order valence-corrected chi connectivity index (χ3v) is 9.26. The third-order valence-electron chi connectivity index (χ3n) is 9.26. The highest BCUT2D eigenvalue weighted by atomic mass is 16.3. The molecule has 0 unspecified atom stereocenters. The molecule has 5 rings (SSSR count). The molecule has 39 heavy (non-hydrogen) atoms. The second kappa shape index (κ2) is 10.2. The molecule has 2 aromatic rings. The van der Waals surface area contributed by atoms with Gasteiger partial charge in [-0.1, -0.05) is 57.2 Å². The summed E-state index contributed by atoms with van der Waals surface area (Å²) in [6.07, 6.45) is 9.20. The van der Waals surface area contributed by atoms with E-state index in [1.165, 1.54) is 0 Å². The zero-order valence-corrected chi connectivity index (χ0v) is 22.8. The molecular weight excluding hydrogens is 492 g/mol. The molecule has 3 aliphatic rings. The van der Waals surface area contributed by atoms with Gasteiger partial charge in [-0.15, -0.1) is 0 Å². The smallest absolute Gasteiger partial charge is 0.235 e. The van der Waals surface area contributed by atoms with Crippen LogP contribution >= 0.6 is 0 Å². The lowest BCUT2D eigenvalue weighted by molar-refractivity contribution is -0.156. The summed E-state index contributed by atoms with van der Waals surface area (Å²) in [4.78, 5) is 58.0. The van der Waals surface area contributed by atoms with Crippen LogP contribution in [0.4, 0.5) is 0 Å². The molecule has 1 spiro atoms. The maximum Gasteiger partial charge on any atom is 0.235 e. The Labute approximate surface area is 228 Å². The predicted octanol–water partition coefficient (Wildman–Crippen LogP) is 3.88. The van der Waals surface area contributed by atoms with Crippen molar-refractivity contribution in [3.05, 3.63) is 72.0 Å². The first-order chi connectivity index (χ1) is 18.6. The van der Waals surface area contributed by atoms with Crippen LogP contribution in [0.15, 0.2) is 66.4 Å². The predicted molar refractivity (Wildman–Crippen MR) is 149 cm³/mol. The molecule has 0 radical (unpaired) electrons. The minimum atomic E-state index is -1.67. The van der Waals surface area contributed by atoms with Crippen LogP contribution in [0.5, 0.6) is 0 Å². The lowest BCUT2D eigenvalue weighted by Gasteiger charge is -2.47. The minimum Gasteiger partial charge on any atom is -0.381 e. The molecule has 2 heterocycles. The van der Waals surface area contributed by atoms with Gasteiger partial charge in [-0.25, -0.2) is 0 Å². The second-order valence-electron chi connectivity index (χ2n) is 11.6. The Bertz CT molecular complexity index is 1430. The van der Waals surface area contributed by atoms with E-state index in [0.29, 0.717) is 18.4 Å². The quantitative estimate of drug-likeness (QED) is 0.404. The topological polar surface area (TPSA) is 116 Å². The highest BCUT2D eigenvalue weighted by Gasteiger charge is 2.68. The fraction of sp³-hybridized carbons (Fsp3) is 0.438. The number of aromatic amines is 1. The van der Waals surface area contributed by atoms with Crippen molar-refractivity contribution in [2.75, 3.05) is 0 Å². The van der Waals surface area contributed by atoms with Crippen LogP contribution in [0, 0.1) is 35.0 Å². The van der Waals surface area contributed by atoms with Gasteiger partial charge in [0, 0.05) is 35.0 Å². The third kappa shape index (κ3) is 4.33. The van der Waals surface area contributed by atoms with Crippen molar-refractivity contribution in [3.63, 3.8) is 0 Å². The number of H-pyrrole nitrogens is 1. The minimum absolute atomic E-state index is 0.0158. The number of aromatic nitrogens is 1. The molecular formula is C32H36N2O5. The highest BCUT2D eigenvalue weighted by molar-refractivity contribution is 6.18. The van der Waals surface area contributed by atoms with E-state index in [4.69, 9.17) is 0 Å². The van der Waals surface area contributed by atoms with Gasteiger partial charge < -0.3 is 15.4 Å². The first-order valence-electron chi connectivity index (χ1n) is 13.8. The molecule has 7 nitrogen and oxygen atoms in total. The van der Waals surface area contributed by atoms with Gasteiger partial charge in [-0.05, 0) is 61.0 Å². The van der Waals surface area contributed by atoms with Crippen molar-refractivity contribution in [2.45, 2.75) is 52.7 Å². The molecule has 8 atom stereocenters. The lowest BCUT2D eigenvalue weighted by Crippen LogP contribution is -2.58. The van der Waals surface area contributed by atoms with Crippen LogP contribution in [0.1, 0.15) is 39.7 Å². The van der Waals surface area contributed by atoms with Crippen molar-refractivity contribution >= 4 is 34.2 Å². The number of carbonyl (C=O) groups excluding carboxylic acids is 4. The number of hydrogen-bond donors (Lipinski definition) is 3. The van der Waals surface area contributed by atoms with Crippen LogP contribution < -0.4 is 5.32 Å². The number of para-hydroxylation sites is 1. The monoisotopic (exact) mass is 528 g/mol. The number of hydrogen-bond acceptors (Lipinski definition) is 5. The van der Waals surface area contributed by atoms with Crippen LogP contribution in [-0.2, 0) is 25.6 Å². The van der Waals surface area contributed by atoms with Crippen LogP contribution in [0.3, 0.4) is 0 Å². The molecule has 1 aromatic carbocycles. The Kier molecular flexibility index (Phi) is 7.06. The Morgan fingerprint density at radius 3 is 2.56 bits per heavy atom. The number of fused-ring (bicyclic) bond motifs is 1. The molecule has 7 heteroatoms. The number of amides is 1. The van der Waals surface area contributed by atoms with Gasteiger partial charge in [0.2, 0.25) is 5.91 Å². The maximum atomic E-state index is 14.1. The number of benzene rings is 1. The molecule has 1 saturated carbocycles. The largest absolute Gasteiger partial charge is 0.381 e. The van der Waals surface area contributed by atoms with Gasteiger partial charge in [0.1, 0.15) is 17.3 Å². The summed E-state index contributed by atoms with van der Waals surface area (Å²) >= 11 is 0. The molecule has 1 saturated heterocycles.